The van der Waals surface area contributed by atoms with Crippen LogP contribution in [0.15, 0.2) is 30.3 Å². The van der Waals surface area contributed by atoms with Crippen LogP contribution in [0.4, 0.5) is 0 Å². The summed E-state index contributed by atoms with van der Waals surface area (Å²) in [6, 6.07) is 6.57. The lowest BCUT2D eigenvalue weighted by Crippen LogP contribution is -2.49. The second-order valence-corrected chi connectivity index (χ2v) is 4.29. The number of carbonyl (C=O) groups excluding carboxylic acids is 1. The Morgan fingerprint density at radius 2 is 1.75 bits per heavy atom. The number of carboxylic acids is 2. The van der Waals surface area contributed by atoms with Crippen molar-refractivity contribution in [1.82, 2.24) is 5.32 Å². The first-order valence-electron chi connectivity index (χ1n) is 5.94. The SMILES string of the molecule is NC(Cc1ccccc1)C(=O)NC(CC(=O)O)C(=O)O. The molecule has 7 nitrogen and oxygen atoms in total. The summed E-state index contributed by atoms with van der Waals surface area (Å²) in [6.45, 7) is 0. The average molecular weight is 280 g/mol. The molecule has 1 rings (SSSR count). The largest absolute Gasteiger partial charge is 0.481 e. The van der Waals surface area contributed by atoms with E-state index in [1.165, 1.54) is 0 Å². The van der Waals surface area contributed by atoms with Gasteiger partial charge in [-0.1, -0.05) is 30.3 Å². The van der Waals surface area contributed by atoms with E-state index in [9.17, 15) is 14.4 Å². The molecule has 0 aliphatic heterocycles. The van der Waals surface area contributed by atoms with Crippen LogP contribution in [0.2, 0.25) is 0 Å². The van der Waals surface area contributed by atoms with E-state index in [2.05, 4.69) is 5.32 Å². The fraction of sp³-hybridized carbons (Fsp3) is 0.308. The van der Waals surface area contributed by atoms with Crippen molar-refractivity contribution < 1.29 is 24.6 Å². The van der Waals surface area contributed by atoms with Gasteiger partial charge in [-0.15, -0.1) is 0 Å². The summed E-state index contributed by atoms with van der Waals surface area (Å²) in [5.41, 5.74) is 6.51. The molecule has 0 aliphatic carbocycles. The van der Waals surface area contributed by atoms with Gasteiger partial charge in [0.25, 0.3) is 0 Å². The molecule has 1 aromatic carbocycles. The van der Waals surface area contributed by atoms with Crippen molar-refractivity contribution in [2.24, 2.45) is 5.73 Å². The molecule has 0 saturated heterocycles. The number of aliphatic carboxylic acids is 2. The van der Waals surface area contributed by atoms with Gasteiger partial charge in [0.2, 0.25) is 5.91 Å². The Hall–Kier alpha value is -2.41. The van der Waals surface area contributed by atoms with Crippen LogP contribution < -0.4 is 11.1 Å². The van der Waals surface area contributed by atoms with E-state index in [1.807, 2.05) is 6.07 Å². The van der Waals surface area contributed by atoms with E-state index in [0.717, 1.165) is 5.56 Å². The molecule has 7 heteroatoms. The molecule has 0 aromatic heterocycles. The van der Waals surface area contributed by atoms with Crippen LogP contribution in [0.1, 0.15) is 12.0 Å². The Morgan fingerprint density at radius 1 is 1.15 bits per heavy atom. The third-order valence-electron chi connectivity index (χ3n) is 2.63. The topological polar surface area (TPSA) is 130 Å². The van der Waals surface area contributed by atoms with Crippen molar-refractivity contribution in [3.8, 4) is 0 Å². The summed E-state index contributed by atoms with van der Waals surface area (Å²) in [5.74, 6) is -3.41. The first-order chi connectivity index (χ1) is 9.40. The molecule has 1 aromatic rings. The number of nitrogens with two attached hydrogens (primary N) is 1. The number of rotatable bonds is 7. The molecule has 0 aliphatic rings. The second kappa shape index (κ2) is 7.25. The predicted octanol–water partition coefficient (Wildman–Crippen LogP) is -0.399. The van der Waals surface area contributed by atoms with Gasteiger partial charge in [-0.3, -0.25) is 9.59 Å². The van der Waals surface area contributed by atoms with Gasteiger partial charge in [0.15, 0.2) is 0 Å². The van der Waals surface area contributed by atoms with Crippen LogP contribution in [0, 0.1) is 0 Å². The molecular formula is C13H16N2O5. The third kappa shape index (κ3) is 5.07. The van der Waals surface area contributed by atoms with Crippen LogP contribution >= 0.6 is 0 Å². The lowest BCUT2D eigenvalue weighted by Gasteiger charge is -2.16. The van der Waals surface area contributed by atoms with E-state index >= 15 is 0 Å². The first-order valence-corrected chi connectivity index (χ1v) is 5.94. The highest BCUT2D eigenvalue weighted by Crippen LogP contribution is 2.02. The Morgan fingerprint density at radius 3 is 2.25 bits per heavy atom. The summed E-state index contributed by atoms with van der Waals surface area (Å²) >= 11 is 0. The number of hydrogen-bond acceptors (Lipinski definition) is 4. The number of nitrogens with one attached hydrogen (secondary N) is 1. The molecule has 0 bridgehead atoms. The Labute approximate surface area is 115 Å². The highest BCUT2D eigenvalue weighted by molar-refractivity contribution is 5.89. The van der Waals surface area contributed by atoms with Gasteiger partial charge in [-0.2, -0.15) is 0 Å². The van der Waals surface area contributed by atoms with E-state index in [4.69, 9.17) is 15.9 Å². The van der Waals surface area contributed by atoms with Crippen molar-refractivity contribution in [1.29, 1.82) is 0 Å². The Balaban J connectivity index is 2.59. The summed E-state index contributed by atoms with van der Waals surface area (Å²) in [4.78, 5) is 33.1. The summed E-state index contributed by atoms with van der Waals surface area (Å²) < 4.78 is 0. The highest BCUT2D eigenvalue weighted by Gasteiger charge is 2.25. The number of hydrogen-bond donors (Lipinski definition) is 4. The van der Waals surface area contributed by atoms with Crippen LogP contribution in [0.5, 0.6) is 0 Å². The molecule has 0 spiro atoms. The molecule has 20 heavy (non-hydrogen) atoms. The van der Waals surface area contributed by atoms with Crippen LogP contribution in [-0.4, -0.2) is 40.1 Å². The Kier molecular flexibility index (Phi) is 5.67. The normalized spacial score (nSPS) is 13.2. The zero-order chi connectivity index (χ0) is 15.1. The molecule has 108 valence electrons. The summed E-state index contributed by atoms with van der Waals surface area (Å²) in [5, 5.41) is 19.5. The maximum Gasteiger partial charge on any atom is 0.326 e. The molecule has 0 radical (unpaired) electrons. The van der Waals surface area contributed by atoms with Gasteiger partial charge in [0.05, 0.1) is 12.5 Å². The molecular weight excluding hydrogens is 264 g/mol. The van der Waals surface area contributed by atoms with E-state index in [0.29, 0.717) is 0 Å². The van der Waals surface area contributed by atoms with Crippen molar-refractivity contribution in [2.75, 3.05) is 0 Å². The predicted molar refractivity (Wildman–Crippen MR) is 69.9 cm³/mol. The van der Waals surface area contributed by atoms with Gasteiger partial charge in [0, 0.05) is 0 Å². The average Bonchev–Trinajstić information content (AvgIpc) is 2.38. The number of carboxylic acid groups (broad SMARTS) is 2. The highest BCUT2D eigenvalue weighted by atomic mass is 16.4. The van der Waals surface area contributed by atoms with Gasteiger partial charge in [-0.05, 0) is 12.0 Å². The number of benzene rings is 1. The first kappa shape index (κ1) is 15.6. The maximum atomic E-state index is 11.8. The van der Waals surface area contributed by atoms with Crippen molar-refractivity contribution in [2.45, 2.75) is 24.9 Å². The minimum absolute atomic E-state index is 0.242. The summed E-state index contributed by atoms with van der Waals surface area (Å²) in [6.07, 6.45) is -0.453. The number of amides is 1. The molecule has 0 fully saturated rings. The lowest BCUT2D eigenvalue weighted by atomic mass is 10.1. The zero-order valence-corrected chi connectivity index (χ0v) is 10.7. The molecule has 2 unspecified atom stereocenters. The quantitative estimate of drug-likeness (QED) is 0.537. The van der Waals surface area contributed by atoms with Gasteiger partial charge in [-0.25, -0.2) is 4.79 Å². The minimum Gasteiger partial charge on any atom is -0.481 e. The van der Waals surface area contributed by atoms with Gasteiger partial charge in [0.1, 0.15) is 6.04 Å². The van der Waals surface area contributed by atoms with Crippen molar-refractivity contribution in [3.63, 3.8) is 0 Å². The third-order valence-corrected chi connectivity index (χ3v) is 2.63. The Bertz CT molecular complexity index is 489. The smallest absolute Gasteiger partial charge is 0.326 e. The van der Waals surface area contributed by atoms with Crippen molar-refractivity contribution in [3.05, 3.63) is 35.9 Å². The van der Waals surface area contributed by atoms with Gasteiger partial charge < -0.3 is 21.3 Å². The molecule has 2 atom stereocenters. The second-order valence-electron chi connectivity index (χ2n) is 4.29. The van der Waals surface area contributed by atoms with Crippen LogP contribution in [0.3, 0.4) is 0 Å². The number of carbonyl (C=O) groups is 3. The van der Waals surface area contributed by atoms with E-state index in [1.54, 1.807) is 24.3 Å². The fourth-order valence-electron chi connectivity index (χ4n) is 1.61. The molecule has 1 amide bonds. The standard InChI is InChI=1S/C13H16N2O5/c14-9(6-8-4-2-1-3-5-8)12(18)15-10(13(19)20)7-11(16)17/h1-5,9-10H,6-7,14H2,(H,15,18)(H,16,17)(H,19,20). The molecule has 0 heterocycles. The maximum absolute atomic E-state index is 11.8. The molecule has 0 saturated carbocycles. The van der Waals surface area contributed by atoms with E-state index < -0.39 is 36.4 Å². The fourth-order valence-corrected chi connectivity index (χ4v) is 1.61. The van der Waals surface area contributed by atoms with E-state index in [-0.39, 0.29) is 6.42 Å². The summed E-state index contributed by atoms with van der Waals surface area (Å²) in [7, 11) is 0. The van der Waals surface area contributed by atoms with Crippen LogP contribution in [0.25, 0.3) is 0 Å². The van der Waals surface area contributed by atoms with Gasteiger partial charge >= 0.3 is 11.9 Å². The lowest BCUT2D eigenvalue weighted by molar-refractivity contribution is -0.147. The van der Waals surface area contributed by atoms with Crippen molar-refractivity contribution >= 4 is 17.8 Å². The van der Waals surface area contributed by atoms with Crippen LogP contribution in [-0.2, 0) is 20.8 Å². The minimum atomic E-state index is -1.48. The molecule has 5 N–H and O–H groups in total. The monoisotopic (exact) mass is 280 g/mol. The zero-order valence-electron chi connectivity index (χ0n) is 10.7.